The van der Waals surface area contributed by atoms with Gasteiger partial charge in [-0.3, -0.25) is 0 Å². The first-order chi connectivity index (χ1) is 8.13. The van der Waals surface area contributed by atoms with Crippen LogP contribution in [0.4, 0.5) is 0 Å². The van der Waals surface area contributed by atoms with E-state index in [-0.39, 0.29) is 0 Å². The summed E-state index contributed by atoms with van der Waals surface area (Å²) in [5.74, 6) is -0.879. The monoisotopic (exact) mass is 257 g/mol. The van der Waals surface area contributed by atoms with E-state index in [2.05, 4.69) is 16.3 Å². The molecule has 4 nitrogen and oxygen atoms in total. The van der Waals surface area contributed by atoms with Crippen LogP contribution in [0.5, 0.6) is 0 Å². The van der Waals surface area contributed by atoms with Crippen LogP contribution >= 0.6 is 11.3 Å². The Labute approximate surface area is 106 Å². The highest BCUT2D eigenvalue weighted by molar-refractivity contribution is 7.07. The number of carbonyl (C=O) groups is 1. The summed E-state index contributed by atoms with van der Waals surface area (Å²) in [6, 6.07) is 2.08. The molecular weight excluding hydrogens is 238 g/mol. The lowest BCUT2D eigenvalue weighted by Gasteiger charge is -2.18. The van der Waals surface area contributed by atoms with Gasteiger partial charge in [0.25, 0.3) is 0 Å². The normalized spacial score (nSPS) is 12.9. The van der Waals surface area contributed by atoms with Gasteiger partial charge in [0.1, 0.15) is 0 Å². The van der Waals surface area contributed by atoms with Gasteiger partial charge in [0.05, 0.1) is 0 Å². The quantitative estimate of drug-likeness (QED) is 0.774. The van der Waals surface area contributed by atoms with Gasteiger partial charge in [-0.25, -0.2) is 4.79 Å². The fraction of sp³-hybridized carbons (Fsp3) is 0.583. The van der Waals surface area contributed by atoms with E-state index in [1.807, 2.05) is 19.4 Å². The van der Waals surface area contributed by atoms with Crippen molar-refractivity contribution in [3.8, 4) is 0 Å². The zero-order chi connectivity index (χ0) is 12.7. The Morgan fingerprint density at radius 3 is 2.94 bits per heavy atom. The smallest absolute Gasteiger partial charge is 0.332 e. The third kappa shape index (κ3) is 5.30. The maximum Gasteiger partial charge on any atom is 0.332 e. The lowest BCUT2D eigenvalue weighted by Crippen LogP contribution is -2.29. The van der Waals surface area contributed by atoms with Crippen LogP contribution in [0.3, 0.4) is 0 Å². The third-order valence-electron chi connectivity index (χ3n) is 2.45. The van der Waals surface area contributed by atoms with Gasteiger partial charge in [-0.1, -0.05) is 0 Å². The van der Waals surface area contributed by atoms with Crippen molar-refractivity contribution in [2.75, 3.05) is 20.2 Å². The number of hydrogen-bond acceptors (Lipinski definition) is 4. The fourth-order valence-corrected chi connectivity index (χ4v) is 2.25. The lowest BCUT2D eigenvalue weighted by atomic mass is 10.2. The summed E-state index contributed by atoms with van der Waals surface area (Å²) in [4.78, 5) is 13.0. The van der Waals surface area contributed by atoms with E-state index in [9.17, 15) is 4.79 Å². The van der Waals surface area contributed by atoms with Gasteiger partial charge in [0.2, 0.25) is 0 Å². The highest BCUT2D eigenvalue weighted by atomic mass is 32.1. The average molecular weight is 257 g/mol. The largest absolute Gasteiger partial charge is 0.479 e. The number of carboxylic acids is 1. The van der Waals surface area contributed by atoms with Crippen LogP contribution in [-0.4, -0.2) is 42.3 Å². The maximum absolute atomic E-state index is 10.9. The van der Waals surface area contributed by atoms with Crippen molar-refractivity contribution < 1.29 is 14.6 Å². The second kappa shape index (κ2) is 7.42. The molecule has 96 valence electrons. The minimum Gasteiger partial charge on any atom is -0.479 e. The summed E-state index contributed by atoms with van der Waals surface area (Å²) in [5.41, 5.74) is 1.26. The van der Waals surface area contributed by atoms with Crippen molar-refractivity contribution in [3.05, 3.63) is 22.4 Å². The molecule has 0 bridgehead atoms. The van der Waals surface area contributed by atoms with Crippen LogP contribution in [0, 0.1) is 0 Å². The molecule has 0 radical (unpaired) electrons. The van der Waals surface area contributed by atoms with E-state index < -0.39 is 12.1 Å². The minimum absolute atomic E-state index is 0.436. The topological polar surface area (TPSA) is 49.8 Å². The number of carboxylic acid groups (broad SMARTS) is 1. The average Bonchev–Trinajstić information content (AvgIpc) is 2.76. The fourth-order valence-electron chi connectivity index (χ4n) is 1.59. The first-order valence-corrected chi connectivity index (χ1v) is 6.61. The van der Waals surface area contributed by atoms with Gasteiger partial charge in [0.15, 0.2) is 6.10 Å². The summed E-state index contributed by atoms with van der Waals surface area (Å²) < 4.78 is 5.16. The molecule has 1 atom stereocenters. The third-order valence-corrected chi connectivity index (χ3v) is 3.18. The Hall–Kier alpha value is -0.910. The van der Waals surface area contributed by atoms with Gasteiger partial charge in [-0.05, 0) is 42.8 Å². The number of nitrogens with zero attached hydrogens (tertiary/aromatic N) is 1. The predicted molar refractivity (Wildman–Crippen MR) is 68.3 cm³/mol. The van der Waals surface area contributed by atoms with Gasteiger partial charge in [-0.2, -0.15) is 11.3 Å². The summed E-state index contributed by atoms with van der Waals surface area (Å²) in [6.45, 7) is 3.81. The molecule has 0 fully saturated rings. The molecule has 0 spiro atoms. The van der Waals surface area contributed by atoms with Crippen molar-refractivity contribution >= 4 is 17.3 Å². The molecule has 17 heavy (non-hydrogen) atoms. The van der Waals surface area contributed by atoms with Crippen LogP contribution in [0.15, 0.2) is 16.8 Å². The summed E-state index contributed by atoms with van der Waals surface area (Å²) in [6.07, 6.45) is -0.172. The van der Waals surface area contributed by atoms with Crippen LogP contribution < -0.4 is 0 Å². The Morgan fingerprint density at radius 1 is 1.65 bits per heavy atom. The Kier molecular flexibility index (Phi) is 6.18. The maximum atomic E-state index is 10.9. The standard InChI is InChI=1S/C12H19NO3S/c1-3-16-11(12(14)15)4-6-13(2)8-10-5-7-17-9-10/h5,7,9,11H,3-4,6,8H2,1-2H3,(H,14,15). The van der Waals surface area contributed by atoms with Crippen molar-refractivity contribution in [1.29, 1.82) is 0 Å². The summed E-state index contributed by atoms with van der Waals surface area (Å²) in [5, 5.41) is 13.1. The molecule has 1 heterocycles. The van der Waals surface area contributed by atoms with Gasteiger partial charge in [-0.15, -0.1) is 0 Å². The zero-order valence-corrected chi connectivity index (χ0v) is 11.1. The van der Waals surface area contributed by atoms with Crippen molar-refractivity contribution in [2.45, 2.75) is 26.0 Å². The van der Waals surface area contributed by atoms with Crippen molar-refractivity contribution in [1.82, 2.24) is 4.90 Å². The van der Waals surface area contributed by atoms with Crippen LogP contribution in [0.25, 0.3) is 0 Å². The first kappa shape index (κ1) is 14.2. The molecule has 5 heteroatoms. The molecule has 1 rings (SSSR count). The number of aliphatic carboxylic acids is 1. The van der Waals surface area contributed by atoms with E-state index in [4.69, 9.17) is 9.84 Å². The number of ether oxygens (including phenoxy) is 1. The number of thiophene rings is 1. The molecule has 1 N–H and O–H groups in total. The zero-order valence-electron chi connectivity index (χ0n) is 10.3. The molecule has 0 amide bonds. The minimum atomic E-state index is -0.879. The van der Waals surface area contributed by atoms with E-state index in [0.29, 0.717) is 19.6 Å². The highest BCUT2D eigenvalue weighted by Crippen LogP contribution is 2.09. The van der Waals surface area contributed by atoms with Gasteiger partial charge in [0, 0.05) is 19.7 Å². The van der Waals surface area contributed by atoms with Crippen LogP contribution in [-0.2, 0) is 16.1 Å². The number of rotatable bonds is 8. The van der Waals surface area contributed by atoms with Crippen molar-refractivity contribution in [2.24, 2.45) is 0 Å². The van der Waals surface area contributed by atoms with E-state index >= 15 is 0 Å². The molecule has 1 unspecified atom stereocenters. The Bertz CT molecular complexity index is 327. The highest BCUT2D eigenvalue weighted by Gasteiger charge is 2.17. The lowest BCUT2D eigenvalue weighted by molar-refractivity contribution is -0.150. The van der Waals surface area contributed by atoms with E-state index in [1.165, 1.54) is 5.56 Å². The van der Waals surface area contributed by atoms with Crippen LogP contribution in [0.2, 0.25) is 0 Å². The summed E-state index contributed by atoms with van der Waals surface area (Å²) >= 11 is 1.67. The predicted octanol–water partition coefficient (Wildman–Crippen LogP) is 2.06. The second-order valence-corrected chi connectivity index (χ2v) is 4.72. The molecule has 0 saturated carbocycles. The van der Waals surface area contributed by atoms with Crippen LogP contribution in [0.1, 0.15) is 18.9 Å². The molecular formula is C12H19NO3S. The molecule has 0 aromatic carbocycles. The SMILES string of the molecule is CCOC(CCN(C)Cc1ccsc1)C(=O)O. The van der Waals surface area contributed by atoms with E-state index in [0.717, 1.165) is 6.54 Å². The molecule has 1 aromatic heterocycles. The first-order valence-electron chi connectivity index (χ1n) is 5.67. The Balaban J connectivity index is 2.30. The van der Waals surface area contributed by atoms with Gasteiger partial charge < -0.3 is 14.7 Å². The molecule has 0 aliphatic heterocycles. The molecule has 0 aliphatic rings. The molecule has 0 aliphatic carbocycles. The summed E-state index contributed by atoms with van der Waals surface area (Å²) in [7, 11) is 1.99. The molecule has 0 saturated heterocycles. The number of hydrogen-bond donors (Lipinski definition) is 1. The van der Waals surface area contributed by atoms with Crippen molar-refractivity contribution in [3.63, 3.8) is 0 Å². The Morgan fingerprint density at radius 2 is 2.41 bits per heavy atom. The second-order valence-electron chi connectivity index (χ2n) is 3.94. The van der Waals surface area contributed by atoms with E-state index in [1.54, 1.807) is 11.3 Å². The van der Waals surface area contributed by atoms with Gasteiger partial charge >= 0.3 is 5.97 Å². The molecule has 1 aromatic rings.